The van der Waals surface area contributed by atoms with Gasteiger partial charge >= 0.3 is 0 Å². The Morgan fingerprint density at radius 2 is 2.03 bits per heavy atom. The van der Waals surface area contributed by atoms with Gasteiger partial charge in [-0.3, -0.25) is 9.59 Å². The summed E-state index contributed by atoms with van der Waals surface area (Å²) in [4.78, 5) is 32.5. The molecule has 168 valence electrons. The fraction of sp³-hybridized carbons (Fsp3) is 0.435. The van der Waals surface area contributed by atoms with Gasteiger partial charge in [-0.25, -0.2) is 4.39 Å². The van der Waals surface area contributed by atoms with Crippen LogP contribution in [0.25, 0.3) is 0 Å². The zero-order chi connectivity index (χ0) is 22.6. The predicted octanol–water partition coefficient (Wildman–Crippen LogP) is 5.43. The number of hydrogen-bond acceptors (Lipinski definition) is 5. The molecule has 1 aromatic heterocycles. The highest BCUT2D eigenvalue weighted by molar-refractivity contribution is 7.16. The maximum absolute atomic E-state index is 13.9. The molecule has 1 N–H and O–H groups in total. The van der Waals surface area contributed by atoms with E-state index in [2.05, 4.69) is 10.5 Å². The van der Waals surface area contributed by atoms with Gasteiger partial charge in [0.2, 0.25) is 5.91 Å². The summed E-state index contributed by atoms with van der Waals surface area (Å²) in [5.41, 5.74) is 2.83. The normalized spacial score (nSPS) is 24.3. The molecular weight excluding hydrogens is 474 g/mol. The quantitative estimate of drug-likeness (QED) is 0.444. The lowest BCUT2D eigenvalue weighted by Crippen LogP contribution is -2.22. The van der Waals surface area contributed by atoms with Gasteiger partial charge in [0.15, 0.2) is 17.2 Å². The number of carbonyl (C=O) groups is 2. The van der Waals surface area contributed by atoms with Gasteiger partial charge < -0.3 is 10.2 Å². The number of oxime groups is 1. The summed E-state index contributed by atoms with van der Waals surface area (Å²) in [6.45, 7) is 2.50. The first-order valence-corrected chi connectivity index (χ1v) is 12.2. The van der Waals surface area contributed by atoms with Crippen molar-refractivity contribution in [2.45, 2.75) is 51.0 Å². The molecule has 0 bridgehead atoms. The molecule has 3 heterocycles. The highest BCUT2D eigenvalue weighted by Gasteiger charge is 2.40. The van der Waals surface area contributed by atoms with Crippen LogP contribution in [0.1, 0.15) is 63.8 Å². The SMILES string of the molecule is CC1(c2cc(Cl)c(F)c(Cl)c2)CC(c2sc(C(=O)C[C@@H]3CCNC3=O)c3c2CCC3)=NO1. The molecule has 1 amide bonds. The number of hydrogen-bond donors (Lipinski definition) is 1. The Morgan fingerprint density at radius 1 is 1.31 bits per heavy atom. The van der Waals surface area contributed by atoms with Crippen LogP contribution in [0.5, 0.6) is 0 Å². The van der Waals surface area contributed by atoms with Crippen LogP contribution in [0, 0.1) is 11.7 Å². The molecule has 2 aliphatic heterocycles. The fourth-order valence-corrected chi connectivity index (χ4v) is 6.57. The molecule has 1 aromatic carbocycles. The fourth-order valence-electron chi connectivity index (χ4n) is 4.76. The molecule has 1 saturated heterocycles. The van der Waals surface area contributed by atoms with Gasteiger partial charge in [-0.15, -0.1) is 11.3 Å². The van der Waals surface area contributed by atoms with E-state index < -0.39 is 11.4 Å². The largest absolute Gasteiger partial charge is 0.384 e. The molecule has 0 spiro atoms. The molecular formula is C23H21Cl2FN2O3S. The Balaban J connectivity index is 1.42. The summed E-state index contributed by atoms with van der Waals surface area (Å²) in [7, 11) is 0. The lowest BCUT2D eigenvalue weighted by molar-refractivity contribution is -0.122. The van der Waals surface area contributed by atoms with Crippen molar-refractivity contribution in [2.24, 2.45) is 11.1 Å². The van der Waals surface area contributed by atoms with Crippen LogP contribution in [-0.2, 0) is 28.1 Å². The number of fused-ring (bicyclic) bond motifs is 1. The molecule has 0 radical (unpaired) electrons. The second-order valence-corrected chi connectivity index (χ2v) is 10.6. The predicted molar refractivity (Wildman–Crippen MR) is 122 cm³/mol. The van der Waals surface area contributed by atoms with Crippen LogP contribution in [0.3, 0.4) is 0 Å². The maximum Gasteiger partial charge on any atom is 0.223 e. The minimum Gasteiger partial charge on any atom is -0.384 e. The minimum atomic E-state index is -0.835. The molecule has 2 aromatic rings. The second-order valence-electron chi connectivity index (χ2n) is 8.77. The zero-order valence-corrected chi connectivity index (χ0v) is 19.7. The molecule has 5 nitrogen and oxygen atoms in total. The number of nitrogens with zero attached hydrogens (tertiary/aromatic N) is 1. The van der Waals surface area contributed by atoms with Crippen molar-refractivity contribution in [3.05, 3.63) is 54.4 Å². The van der Waals surface area contributed by atoms with Gasteiger partial charge in [-0.1, -0.05) is 28.4 Å². The lowest BCUT2D eigenvalue weighted by Gasteiger charge is -2.22. The number of Topliss-reactive ketones (excluding diaryl/α,β-unsaturated/α-hetero) is 1. The van der Waals surface area contributed by atoms with Crippen molar-refractivity contribution in [3.63, 3.8) is 0 Å². The van der Waals surface area contributed by atoms with Gasteiger partial charge in [0.1, 0.15) is 5.71 Å². The third-order valence-corrected chi connectivity index (χ3v) is 8.45. The highest BCUT2D eigenvalue weighted by Crippen LogP contribution is 2.43. The van der Waals surface area contributed by atoms with E-state index in [-0.39, 0.29) is 34.1 Å². The van der Waals surface area contributed by atoms with Crippen LogP contribution in [0.15, 0.2) is 17.3 Å². The van der Waals surface area contributed by atoms with Crippen molar-refractivity contribution in [1.82, 2.24) is 5.32 Å². The average Bonchev–Trinajstić information content (AvgIpc) is 3.51. The number of nitrogens with one attached hydrogen (secondary N) is 1. The first-order chi connectivity index (χ1) is 15.3. The third-order valence-electron chi connectivity index (χ3n) is 6.54. The van der Waals surface area contributed by atoms with Crippen LogP contribution < -0.4 is 5.32 Å². The summed E-state index contributed by atoms with van der Waals surface area (Å²) in [5.74, 6) is -0.905. The summed E-state index contributed by atoms with van der Waals surface area (Å²) >= 11 is 13.4. The van der Waals surface area contributed by atoms with Crippen molar-refractivity contribution in [3.8, 4) is 0 Å². The number of amides is 1. The average molecular weight is 495 g/mol. The van der Waals surface area contributed by atoms with Gasteiger partial charge in [-0.2, -0.15) is 0 Å². The van der Waals surface area contributed by atoms with Gasteiger partial charge in [0, 0.05) is 30.9 Å². The Kier molecular flexibility index (Phi) is 5.55. The Hall–Kier alpha value is -1.96. The van der Waals surface area contributed by atoms with Crippen LogP contribution >= 0.6 is 34.5 Å². The molecule has 32 heavy (non-hydrogen) atoms. The number of ketones is 1. The van der Waals surface area contributed by atoms with Gasteiger partial charge in [0.05, 0.1) is 19.8 Å². The highest BCUT2D eigenvalue weighted by atomic mass is 35.5. The number of thiophene rings is 1. The smallest absolute Gasteiger partial charge is 0.223 e. The monoisotopic (exact) mass is 494 g/mol. The van der Waals surface area contributed by atoms with Gasteiger partial charge in [0.25, 0.3) is 0 Å². The minimum absolute atomic E-state index is 0.0285. The van der Waals surface area contributed by atoms with Crippen molar-refractivity contribution < 1.29 is 18.8 Å². The molecule has 0 saturated carbocycles. The summed E-state index contributed by atoms with van der Waals surface area (Å²) < 4.78 is 13.9. The number of halogens is 3. The maximum atomic E-state index is 13.9. The van der Waals surface area contributed by atoms with Crippen molar-refractivity contribution >= 4 is 51.9 Å². The standard InChI is InChI=1S/C23H21Cl2FN2O3S/c1-23(12-8-15(24)19(26)16(25)9-12)10-17(28-31-23)20-13-3-2-4-14(13)21(32-20)18(29)7-11-5-6-27-22(11)30/h8-9,11H,2-7,10H2,1H3,(H,27,30)/t11-,23?/m0/s1. The molecule has 1 aliphatic carbocycles. The van der Waals surface area contributed by atoms with E-state index in [1.165, 1.54) is 23.5 Å². The molecule has 9 heteroatoms. The zero-order valence-electron chi connectivity index (χ0n) is 17.4. The third kappa shape index (κ3) is 3.64. The molecule has 3 aliphatic rings. The van der Waals surface area contributed by atoms with Crippen molar-refractivity contribution in [2.75, 3.05) is 6.54 Å². The summed E-state index contributed by atoms with van der Waals surface area (Å²) in [6.07, 6.45) is 4.14. The Labute approximate surface area is 198 Å². The van der Waals surface area contributed by atoms with E-state index in [4.69, 9.17) is 28.0 Å². The van der Waals surface area contributed by atoms with E-state index >= 15 is 0 Å². The lowest BCUT2D eigenvalue weighted by atomic mass is 9.90. The van der Waals surface area contributed by atoms with Crippen LogP contribution in [0.4, 0.5) is 4.39 Å². The second kappa shape index (κ2) is 8.12. The summed E-state index contributed by atoms with van der Waals surface area (Å²) in [5, 5.41) is 7.03. The molecule has 2 atom stereocenters. The number of carbonyl (C=O) groups excluding carboxylic acids is 2. The first kappa shape index (κ1) is 21.9. The molecule has 1 fully saturated rings. The van der Waals surface area contributed by atoms with Crippen LogP contribution in [0.2, 0.25) is 10.0 Å². The Morgan fingerprint density at radius 3 is 2.72 bits per heavy atom. The Bertz CT molecular complexity index is 1160. The first-order valence-electron chi connectivity index (χ1n) is 10.6. The van der Waals surface area contributed by atoms with Crippen molar-refractivity contribution in [1.29, 1.82) is 0 Å². The number of rotatable bonds is 5. The molecule has 5 rings (SSSR count). The van der Waals surface area contributed by atoms with E-state index in [1.807, 2.05) is 6.92 Å². The van der Waals surface area contributed by atoms with E-state index in [9.17, 15) is 14.0 Å². The number of benzene rings is 1. The van der Waals surface area contributed by atoms with E-state index in [0.717, 1.165) is 45.9 Å². The van der Waals surface area contributed by atoms with E-state index in [0.29, 0.717) is 24.9 Å². The summed E-state index contributed by atoms with van der Waals surface area (Å²) in [6, 6.07) is 3.03. The van der Waals surface area contributed by atoms with Gasteiger partial charge in [-0.05, 0) is 55.9 Å². The van der Waals surface area contributed by atoms with Crippen LogP contribution in [-0.4, -0.2) is 23.9 Å². The topological polar surface area (TPSA) is 67.8 Å². The molecule has 1 unspecified atom stereocenters. The van der Waals surface area contributed by atoms with E-state index in [1.54, 1.807) is 0 Å².